The Morgan fingerprint density at radius 3 is 2.95 bits per heavy atom. The topological polar surface area (TPSA) is 87.4 Å². The van der Waals surface area contributed by atoms with Crippen LogP contribution in [0.3, 0.4) is 0 Å². The molecule has 1 aliphatic rings. The minimum absolute atomic E-state index is 0.0230. The molecule has 22 heavy (non-hydrogen) atoms. The highest BCUT2D eigenvalue weighted by molar-refractivity contribution is 5.98. The van der Waals surface area contributed by atoms with E-state index in [2.05, 4.69) is 17.2 Å². The molecule has 0 radical (unpaired) electrons. The molecule has 2 heterocycles. The summed E-state index contributed by atoms with van der Waals surface area (Å²) in [6.45, 7) is 3.51. The first-order chi connectivity index (χ1) is 10.4. The van der Waals surface area contributed by atoms with Crippen LogP contribution >= 0.6 is 0 Å². The van der Waals surface area contributed by atoms with Crippen LogP contribution in [0.4, 0.5) is 0 Å². The van der Waals surface area contributed by atoms with Crippen LogP contribution in [0.5, 0.6) is 0 Å². The molecule has 1 aromatic heterocycles. The molecule has 2 rings (SSSR count). The average molecular weight is 302 g/mol. The van der Waals surface area contributed by atoms with E-state index in [0.717, 1.165) is 0 Å². The zero-order valence-corrected chi connectivity index (χ0v) is 12.8. The lowest BCUT2D eigenvalue weighted by molar-refractivity contribution is -0.130. The molecule has 0 bridgehead atoms. The Labute approximate surface area is 128 Å². The van der Waals surface area contributed by atoms with Crippen LogP contribution in [0, 0.1) is 17.3 Å². The smallest absolute Gasteiger partial charge is 0.340 e. The number of ether oxygens (including phenoxy) is 1. The first-order valence-corrected chi connectivity index (χ1v) is 6.76. The van der Waals surface area contributed by atoms with Crippen molar-refractivity contribution in [1.29, 1.82) is 5.41 Å². The number of esters is 1. The van der Waals surface area contributed by atoms with Gasteiger partial charge in [-0.15, -0.1) is 5.92 Å². The highest BCUT2D eigenvalue weighted by atomic mass is 16.5. The van der Waals surface area contributed by atoms with Crippen LogP contribution < -0.4 is 5.32 Å². The third-order valence-electron chi connectivity index (χ3n) is 3.54. The van der Waals surface area contributed by atoms with Gasteiger partial charge in [0.2, 0.25) is 5.91 Å². The van der Waals surface area contributed by atoms with Gasteiger partial charge in [-0.1, -0.05) is 5.92 Å². The molecule has 1 fully saturated rings. The second kappa shape index (κ2) is 5.93. The lowest BCUT2D eigenvalue weighted by Gasteiger charge is -2.40. The van der Waals surface area contributed by atoms with E-state index in [1.165, 1.54) is 4.90 Å². The zero-order valence-electron chi connectivity index (χ0n) is 12.8. The van der Waals surface area contributed by atoms with E-state index in [1.807, 2.05) is 0 Å². The molecule has 2 N–H and O–H groups in total. The molecule has 1 saturated heterocycles. The highest BCUT2D eigenvalue weighted by Crippen LogP contribution is 2.23. The van der Waals surface area contributed by atoms with E-state index in [9.17, 15) is 9.59 Å². The number of nitrogens with one attached hydrogen (secondary N) is 2. The SMILES string of the molecule is CC#CCOC(=O)c1ccn(C2(C)CC(=O)N(C)C(=N)N2)c1. The maximum Gasteiger partial charge on any atom is 0.340 e. The van der Waals surface area contributed by atoms with Gasteiger partial charge in [0.1, 0.15) is 5.66 Å². The van der Waals surface area contributed by atoms with Gasteiger partial charge < -0.3 is 14.6 Å². The molecule has 0 aromatic carbocycles. The number of rotatable bonds is 3. The molecule has 7 nitrogen and oxygen atoms in total. The summed E-state index contributed by atoms with van der Waals surface area (Å²) in [6, 6.07) is 1.61. The fraction of sp³-hybridized carbons (Fsp3) is 0.400. The van der Waals surface area contributed by atoms with E-state index in [0.29, 0.717) is 5.56 Å². The summed E-state index contributed by atoms with van der Waals surface area (Å²) in [6.07, 6.45) is 3.46. The monoisotopic (exact) mass is 302 g/mol. The molecule has 116 valence electrons. The van der Waals surface area contributed by atoms with Crippen LogP contribution in [-0.4, -0.2) is 41.0 Å². The van der Waals surface area contributed by atoms with Gasteiger partial charge in [0, 0.05) is 19.4 Å². The Morgan fingerprint density at radius 1 is 1.59 bits per heavy atom. The second-order valence-corrected chi connectivity index (χ2v) is 5.19. The summed E-state index contributed by atoms with van der Waals surface area (Å²) in [5.74, 6) is 4.68. The minimum Gasteiger partial charge on any atom is -0.449 e. The molecule has 1 atom stereocenters. The Morgan fingerprint density at radius 2 is 2.32 bits per heavy atom. The third-order valence-corrected chi connectivity index (χ3v) is 3.54. The number of guanidine groups is 1. The van der Waals surface area contributed by atoms with Crippen molar-refractivity contribution in [3.63, 3.8) is 0 Å². The normalized spacial score (nSPS) is 21.0. The van der Waals surface area contributed by atoms with Gasteiger partial charge in [-0.3, -0.25) is 15.1 Å². The van der Waals surface area contributed by atoms with Gasteiger partial charge >= 0.3 is 5.97 Å². The highest BCUT2D eigenvalue weighted by Gasteiger charge is 2.37. The Kier molecular flexibility index (Phi) is 4.22. The number of carbonyl (C=O) groups is 2. The van der Waals surface area contributed by atoms with E-state index >= 15 is 0 Å². The predicted molar refractivity (Wildman–Crippen MR) is 80.1 cm³/mol. The van der Waals surface area contributed by atoms with Crippen molar-refractivity contribution in [3.05, 3.63) is 24.0 Å². The van der Waals surface area contributed by atoms with Crippen LogP contribution in [0.25, 0.3) is 0 Å². The molecule has 1 aromatic rings. The third kappa shape index (κ3) is 2.96. The van der Waals surface area contributed by atoms with Crippen LogP contribution in [0.15, 0.2) is 18.5 Å². The van der Waals surface area contributed by atoms with Crippen molar-refractivity contribution < 1.29 is 14.3 Å². The molecule has 0 spiro atoms. The number of nitrogens with zero attached hydrogens (tertiary/aromatic N) is 2. The van der Waals surface area contributed by atoms with Crippen molar-refractivity contribution in [2.24, 2.45) is 0 Å². The molecule has 1 amide bonds. The van der Waals surface area contributed by atoms with Crippen LogP contribution in [-0.2, 0) is 15.2 Å². The summed E-state index contributed by atoms with van der Waals surface area (Å²) in [5, 5.41) is 10.8. The van der Waals surface area contributed by atoms with Crippen LogP contribution in [0.1, 0.15) is 30.6 Å². The minimum atomic E-state index is -0.789. The molecule has 1 unspecified atom stereocenters. The second-order valence-electron chi connectivity index (χ2n) is 5.19. The molecular weight excluding hydrogens is 284 g/mol. The number of hydrogen-bond donors (Lipinski definition) is 2. The fourth-order valence-electron chi connectivity index (χ4n) is 2.16. The first kappa shape index (κ1) is 15.6. The van der Waals surface area contributed by atoms with Gasteiger partial charge in [-0.05, 0) is 19.9 Å². The lowest BCUT2D eigenvalue weighted by atomic mass is 10.1. The summed E-state index contributed by atoms with van der Waals surface area (Å²) < 4.78 is 6.70. The quantitative estimate of drug-likeness (QED) is 0.636. The van der Waals surface area contributed by atoms with Gasteiger partial charge in [-0.25, -0.2) is 4.79 Å². The summed E-state index contributed by atoms with van der Waals surface area (Å²) in [5.41, 5.74) is -0.415. The zero-order chi connectivity index (χ0) is 16.3. The maximum absolute atomic E-state index is 11.9. The van der Waals surface area contributed by atoms with Crippen molar-refractivity contribution in [2.75, 3.05) is 13.7 Å². The van der Waals surface area contributed by atoms with E-state index in [1.54, 1.807) is 43.9 Å². The fourth-order valence-corrected chi connectivity index (χ4v) is 2.16. The van der Waals surface area contributed by atoms with E-state index in [-0.39, 0.29) is 24.9 Å². The molecule has 0 saturated carbocycles. The van der Waals surface area contributed by atoms with Crippen molar-refractivity contribution in [3.8, 4) is 11.8 Å². The predicted octanol–water partition coefficient (Wildman–Crippen LogP) is 0.727. The van der Waals surface area contributed by atoms with Gasteiger partial charge in [0.25, 0.3) is 0 Å². The standard InChI is InChI=1S/C15H18N4O3/c1-4-5-8-22-13(21)11-6-7-19(10-11)15(2)9-12(20)18(3)14(16)17-15/h6-7,10H,8-9H2,1-3H3,(H2,16,17). The number of hydrogen-bond acceptors (Lipinski definition) is 4. The first-order valence-electron chi connectivity index (χ1n) is 6.76. The average Bonchev–Trinajstić information content (AvgIpc) is 2.95. The Hall–Kier alpha value is -2.75. The molecule has 7 heteroatoms. The van der Waals surface area contributed by atoms with E-state index in [4.69, 9.17) is 10.1 Å². The number of aromatic nitrogens is 1. The summed E-state index contributed by atoms with van der Waals surface area (Å²) >= 11 is 0. The Balaban J connectivity index is 2.16. The summed E-state index contributed by atoms with van der Waals surface area (Å²) in [4.78, 5) is 25.0. The lowest BCUT2D eigenvalue weighted by Crippen LogP contribution is -2.60. The number of carbonyl (C=O) groups excluding carboxylic acids is 2. The maximum atomic E-state index is 11.9. The van der Waals surface area contributed by atoms with Gasteiger partial charge in [0.05, 0.1) is 12.0 Å². The van der Waals surface area contributed by atoms with E-state index < -0.39 is 11.6 Å². The van der Waals surface area contributed by atoms with Crippen LogP contribution in [0.2, 0.25) is 0 Å². The molecule has 0 aliphatic carbocycles. The van der Waals surface area contributed by atoms with Gasteiger partial charge in [-0.2, -0.15) is 0 Å². The Bertz CT molecular complexity index is 662. The van der Waals surface area contributed by atoms with Crippen molar-refractivity contribution in [1.82, 2.24) is 14.8 Å². The molecule has 1 aliphatic heterocycles. The largest absolute Gasteiger partial charge is 0.449 e. The van der Waals surface area contributed by atoms with Gasteiger partial charge in [0.15, 0.2) is 12.6 Å². The number of amides is 1. The summed E-state index contributed by atoms with van der Waals surface area (Å²) in [7, 11) is 1.55. The molecular formula is C15H18N4O3. The van der Waals surface area contributed by atoms with Crippen molar-refractivity contribution in [2.45, 2.75) is 25.9 Å². The van der Waals surface area contributed by atoms with Crippen molar-refractivity contribution >= 4 is 17.8 Å².